The molecule has 0 bridgehead atoms. The van der Waals surface area contributed by atoms with Gasteiger partial charge in [-0.15, -0.1) is 0 Å². The van der Waals surface area contributed by atoms with E-state index in [-0.39, 0.29) is 11.7 Å². The van der Waals surface area contributed by atoms with Crippen LogP contribution in [0.25, 0.3) is 11.4 Å². The Balaban J connectivity index is 1.05. The zero-order chi connectivity index (χ0) is 30.8. The Hall–Kier alpha value is -3.80. The SMILES string of the molecule is Cc1cccnc1-c1nc(C(N)=O)c(Nc2ccc(N3CCC(N4CCN(C5CC5)CC4)CC3)cc2)nc1NC1CCOCC1. The van der Waals surface area contributed by atoms with Gasteiger partial charge in [0.25, 0.3) is 5.91 Å². The maximum absolute atomic E-state index is 12.6. The van der Waals surface area contributed by atoms with E-state index in [0.717, 1.165) is 43.2 Å². The number of nitrogens with zero attached hydrogens (tertiary/aromatic N) is 6. The number of nitrogens with two attached hydrogens (primary N) is 1. The molecule has 3 aromatic rings. The van der Waals surface area contributed by atoms with Crippen molar-refractivity contribution < 1.29 is 9.53 Å². The molecule has 4 aliphatic rings. The lowest BCUT2D eigenvalue weighted by Gasteiger charge is -2.43. The molecule has 0 spiro atoms. The number of aryl methyl sites for hydroxylation is 1. The first-order valence-electron chi connectivity index (χ1n) is 16.6. The second-order valence-corrected chi connectivity index (χ2v) is 12.9. The highest BCUT2D eigenvalue weighted by molar-refractivity contribution is 5.97. The van der Waals surface area contributed by atoms with E-state index in [0.29, 0.717) is 42.3 Å². The predicted octanol–water partition coefficient (Wildman–Crippen LogP) is 4.03. The average molecular weight is 612 g/mol. The van der Waals surface area contributed by atoms with E-state index in [1.54, 1.807) is 6.20 Å². The minimum absolute atomic E-state index is 0.0803. The number of rotatable bonds is 9. The highest BCUT2D eigenvalue weighted by Crippen LogP contribution is 2.32. The fourth-order valence-corrected chi connectivity index (χ4v) is 7.02. The maximum Gasteiger partial charge on any atom is 0.271 e. The van der Waals surface area contributed by atoms with Gasteiger partial charge in [0.2, 0.25) is 0 Å². The van der Waals surface area contributed by atoms with Gasteiger partial charge >= 0.3 is 0 Å². The summed E-state index contributed by atoms with van der Waals surface area (Å²) in [5.74, 6) is 0.250. The van der Waals surface area contributed by atoms with E-state index in [1.807, 2.05) is 31.2 Å². The largest absolute Gasteiger partial charge is 0.381 e. The number of primary amides is 1. The van der Waals surface area contributed by atoms with Gasteiger partial charge in [-0.3, -0.25) is 19.6 Å². The van der Waals surface area contributed by atoms with E-state index in [4.69, 9.17) is 20.4 Å². The smallest absolute Gasteiger partial charge is 0.271 e. The quantitative estimate of drug-likeness (QED) is 0.327. The first-order valence-corrected chi connectivity index (χ1v) is 16.6. The maximum atomic E-state index is 12.6. The molecule has 238 valence electrons. The Morgan fingerprint density at radius 2 is 1.49 bits per heavy atom. The Labute approximate surface area is 265 Å². The van der Waals surface area contributed by atoms with Crippen LogP contribution in [0.1, 0.15) is 54.6 Å². The van der Waals surface area contributed by atoms with Crippen LogP contribution in [0.5, 0.6) is 0 Å². The summed E-state index contributed by atoms with van der Waals surface area (Å²) in [6.07, 6.45) is 8.64. The third kappa shape index (κ3) is 6.90. The second-order valence-electron chi connectivity index (χ2n) is 12.9. The van der Waals surface area contributed by atoms with Gasteiger partial charge in [0.05, 0.1) is 5.69 Å². The molecule has 0 radical (unpaired) electrons. The number of benzene rings is 1. The Morgan fingerprint density at radius 1 is 0.822 bits per heavy atom. The van der Waals surface area contributed by atoms with Crippen LogP contribution in [-0.4, -0.2) is 101 Å². The summed E-state index contributed by atoms with van der Waals surface area (Å²) in [7, 11) is 0. The average Bonchev–Trinajstić information content (AvgIpc) is 3.92. The molecule has 4 N–H and O–H groups in total. The minimum Gasteiger partial charge on any atom is -0.381 e. The molecule has 1 saturated carbocycles. The van der Waals surface area contributed by atoms with Crippen LogP contribution in [0, 0.1) is 6.92 Å². The lowest BCUT2D eigenvalue weighted by Crippen LogP contribution is -2.53. The molecular formula is C34H45N9O2. The van der Waals surface area contributed by atoms with Crippen LogP contribution in [0.4, 0.5) is 23.0 Å². The second kappa shape index (κ2) is 13.3. The summed E-state index contributed by atoms with van der Waals surface area (Å²) in [5.41, 5.74) is 10.1. The van der Waals surface area contributed by atoms with Gasteiger partial charge in [0.1, 0.15) is 5.69 Å². The highest BCUT2D eigenvalue weighted by Gasteiger charge is 2.34. The number of hydrogen-bond donors (Lipinski definition) is 3. The zero-order valence-corrected chi connectivity index (χ0v) is 26.3. The Kier molecular flexibility index (Phi) is 8.82. The van der Waals surface area contributed by atoms with E-state index < -0.39 is 5.91 Å². The van der Waals surface area contributed by atoms with E-state index >= 15 is 0 Å². The Morgan fingerprint density at radius 3 is 2.11 bits per heavy atom. The van der Waals surface area contributed by atoms with Gasteiger partial charge in [0.15, 0.2) is 17.3 Å². The van der Waals surface area contributed by atoms with Crippen molar-refractivity contribution in [1.29, 1.82) is 0 Å². The van der Waals surface area contributed by atoms with Gasteiger partial charge in [-0.25, -0.2) is 9.97 Å². The zero-order valence-electron chi connectivity index (χ0n) is 26.3. The third-order valence-corrected chi connectivity index (χ3v) is 9.81. The molecule has 1 aromatic carbocycles. The first-order chi connectivity index (χ1) is 22.0. The predicted molar refractivity (Wildman–Crippen MR) is 177 cm³/mol. The molecule has 2 aromatic heterocycles. The number of piperidine rings is 1. The molecule has 1 aliphatic carbocycles. The molecule has 0 unspecified atom stereocenters. The molecular weight excluding hydrogens is 566 g/mol. The molecule has 0 atom stereocenters. The summed E-state index contributed by atoms with van der Waals surface area (Å²) >= 11 is 0. The van der Waals surface area contributed by atoms with E-state index in [1.165, 1.54) is 57.5 Å². The molecule has 3 saturated heterocycles. The first kappa shape index (κ1) is 29.9. The number of aromatic nitrogens is 3. The fraction of sp³-hybridized carbons (Fsp3) is 0.529. The monoisotopic (exact) mass is 611 g/mol. The van der Waals surface area contributed by atoms with Crippen molar-refractivity contribution in [3.63, 3.8) is 0 Å². The molecule has 5 heterocycles. The number of anilines is 4. The third-order valence-electron chi connectivity index (χ3n) is 9.81. The van der Waals surface area contributed by atoms with Gasteiger partial charge in [-0.1, -0.05) is 6.07 Å². The molecule has 45 heavy (non-hydrogen) atoms. The van der Waals surface area contributed by atoms with Gasteiger partial charge in [-0.2, -0.15) is 0 Å². The topological polar surface area (TPSA) is 125 Å². The summed E-state index contributed by atoms with van der Waals surface area (Å²) in [4.78, 5) is 34.8. The summed E-state index contributed by atoms with van der Waals surface area (Å²) in [6, 6.07) is 14.0. The number of carbonyl (C=O) groups excluding carboxylic acids is 1. The van der Waals surface area contributed by atoms with Crippen LogP contribution in [0.15, 0.2) is 42.6 Å². The lowest BCUT2D eigenvalue weighted by atomic mass is 10.0. The molecule has 11 heteroatoms. The minimum atomic E-state index is -0.647. The summed E-state index contributed by atoms with van der Waals surface area (Å²) in [5, 5.41) is 6.89. The van der Waals surface area contributed by atoms with Gasteiger partial charge < -0.3 is 26.0 Å². The molecule has 11 nitrogen and oxygen atoms in total. The number of hydrogen-bond acceptors (Lipinski definition) is 10. The van der Waals surface area contributed by atoms with Crippen molar-refractivity contribution >= 4 is 28.9 Å². The van der Waals surface area contributed by atoms with Crippen LogP contribution < -0.4 is 21.3 Å². The van der Waals surface area contributed by atoms with Crippen LogP contribution in [0.2, 0.25) is 0 Å². The van der Waals surface area contributed by atoms with Crippen molar-refractivity contribution in [2.75, 3.05) is 68.0 Å². The Bertz CT molecular complexity index is 1470. The highest BCUT2D eigenvalue weighted by atomic mass is 16.5. The van der Waals surface area contributed by atoms with Gasteiger partial charge in [0, 0.05) is 88.2 Å². The van der Waals surface area contributed by atoms with Crippen molar-refractivity contribution in [2.24, 2.45) is 5.73 Å². The van der Waals surface area contributed by atoms with Crippen LogP contribution in [0.3, 0.4) is 0 Å². The fourth-order valence-electron chi connectivity index (χ4n) is 7.02. The standard InChI is InChI=1S/C34H45N9O2/c1-23-3-2-14-36-29(23)30-33(38-25-12-21-45-22-13-25)40-34(31(39-30)32(35)44)37-24-4-6-26(7-5-24)41-15-10-28(11-16-41)43-19-17-42(18-20-43)27-8-9-27/h2-7,14,25,27-28H,8-13,15-22H2,1H3,(H2,35,44)(H2,37,38,40). The van der Waals surface area contributed by atoms with Gasteiger partial charge in [-0.05, 0) is 81.3 Å². The van der Waals surface area contributed by atoms with Crippen molar-refractivity contribution in [1.82, 2.24) is 24.8 Å². The molecule has 7 rings (SSSR count). The number of nitrogens with one attached hydrogen (secondary N) is 2. The number of pyridine rings is 1. The number of ether oxygens (including phenoxy) is 1. The van der Waals surface area contributed by atoms with Crippen molar-refractivity contribution in [3.05, 3.63) is 53.9 Å². The summed E-state index contributed by atoms with van der Waals surface area (Å²) < 4.78 is 5.55. The van der Waals surface area contributed by atoms with E-state index in [9.17, 15) is 4.79 Å². The lowest BCUT2D eigenvalue weighted by molar-refractivity contribution is 0.0809. The van der Waals surface area contributed by atoms with Crippen molar-refractivity contribution in [3.8, 4) is 11.4 Å². The van der Waals surface area contributed by atoms with E-state index in [2.05, 4.69) is 42.5 Å². The van der Waals surface area contributed by atoms with Crippen LogP contribution in [-0.2, 0) is 4.74 Å². The molecule has 4 fully saturated rings. The molecule has 1 amide bonds. The van der Waals surface area contributed by atoms with Crippen molar-refractivity contribution in [2.45, 2.75) is 63.6 Å². The number of amides is 1. The number of piperazine rings is 1. The normalized spacial score (nSPS) is 20.7. The van der Waals surface area contributed by atoms with Crippen LogP contribution >= 0.6 is 0 Å². The molecule has 3 aliphatic heterocycles. The summed E-state index contributed by atoms with van der Waals surface area (Å²) in [6.45, 7) is 10.4. The number of carbonyl (C=O) groups is 1.